The van der Waals surface area contributed by atoms with Crippen molar-refractivity contribution >= 4 is 23.9 Å². The molecule has 5 nitrogen and oxygen atoms in total. The molecule has 0 heterocycles. The zero-order chi connectivity index (χ0) is 12.9. The normalized spacial score (nSPS) is 11.1. The molecule has 0 aliphatic rings. The first kappa shape index (κ1) is 13.7. The van der Waals surface area contributed by atoms with Crippen molar-refractivity contribution in [1.29, 1.82) is 0 Å². The van der Waals surface area contributed by atoms with Crippen molar-refractivity contribution in [2.24, 2.45) is 0 Å². The summed E-state index contributed by atoms with van der Waals surface area (Å²) in [6.07, 6.45) is 0.684. The van der Waals surface area contributed by atoms with Crippen LogP contribution in [0, 0.1) is 0 Å². The van der Waals surface area contributed by atoms with Gasteiger partial charge in [-0.25, -0.2) is 4.79 Å². The molecule has 1 rings (SSSR count). The Kier molecular flexibility index (Phi) is 4.71. The van der Waals surface area contributed by atoms with Crippen LogP contribution in [0.3, 0.4) is 0 Å². The van der Waals surface area contributed by atoms with Crippen molar-refractivity contribution in [2.45, 2.75) is 6.32 Å². The Morgan fingerprint density at radius 1 is 1.35 bits per heavy atom. The first-order chi connectivity index (χ1) is 7.94. The molecule has 0 aliphatic carbocycles. The predicted molar refractivity (Wildman–Crippen MR) is 65.4 cm³/mol. The number of benzene rings is 1. The van der Waals surface area contributed by atoms with Crippen LogP contribution in [0.15, 0.2) is 24.3 Å². The summed E-state index contributed by atoms with van der Waals surface area (Å²) in [4.78, 5) is 11.6. The highest BCUT2D eigenvalue weighted by Gasteiger charge is 2.12. The van der Waals surface area contributed by atoms with Crippen LogP contribution >= 0.6 is 0 Å². The second-order valence-corrected chi connectivity index (χ2v) is 5.00. The lowest BCUT2D eigenvalue weighted by atomic mass is 9.93. The van der Waals surface area contributed by atoms with Gasteiger partial charge >= 0.3 is 5.97 Å². The smallest absolute Gasteiger partial charge is 0.338 e. The van der Waals surface area contributed by atoms with Gasteiger partial charge in [-0.15, -0.1) is 0 Å². The summed E-state index contributed by atoms with van der Waals surface area (Å²) >= 11 is 0. The van der Waals surface area contributed by atoms with Crippen LogP contribution in [0.5, 0.6) is 0 Å². The van der Waals surface area contributed by atoms with Gasteiger partial charge in [0.1, 0.15) is 20.2 Å². The first-order valence-electron chi connectivity index (χ1n) is 5.14. The fourth-order valence-electron chi connectivity index (χ4n) is 1.35. The third-order valence-corrected chi connectivity index (χ3v) is 2.88. The Bertz CT molecular complexity index is 497. The van der Waals surface area contributed by atoms with Crippen molar-refractivity contribution in [2.75, 3.05) is 12.4 Å². The van der Waals surface area contributed by atoms with Crippen molar-refractivity contribution < 1.29 is 22.5 Å². The van der Waals surface area contributed by atoms with Gasteiger partial charge in [-0.3, -0.25) is 4.55 Å². The molecule has 0 fully saturated rings. The zero-order valence-corrected chi connectivity index (χ0v) is 10.2. The third-order valence-electron chi connectivity index (χ3n) is 2.19. The van der Waals surface area contributed by atoms with E-state index >= 15 is 0 Å². The summed E-state index contributed by atoms with van der Waals surface area (Å²) in [5.41, 5.74) is 1.26. The molecule has 1 aromatic rings. The minimum absolute atomic E-state index is 0.351. The van der Waals surface area contributed by atoms with E-state index < -0.39 is 21.8 Å². The van der Waals surface area contributed by atoms with E-state index in [-0.39, 0.29) is 6.61 Å². The summed E-state index contributed by atoms with van der Waals surface area (Å²) in [6.45, 7) is -0.351. The van der Waals surface area contributed by atoms with Gasteiger partial charge in [0.05, 0.1) is 5.56 Å². The van der Waals surface area contributed by atoms with Crippen LogP contribution in [-0.2, 0) is 21.2 Å². The van der Waals surface area contributed by atoms with Gasteiger partial charge in [-0.2, -0.15) is 8.42 Å². The second-order valence-electron chi connectivity index (χ2n) is 3.43. The average Bonchev–Trinajstić information content (AvgIpc) is 2.27. The topological polar surface area (TPSA) is 80.7 Å². The van der Waals surface area contributed by atoms with E-state index in [2.05, 4.69) is 0 Å². The van der Waals surface area contributed by atoms with Gasteiger partial charge in [-0.1, -0.05) is 24.5 Å². The van der Waals surface area contributed by atoms with E-state index in [0.29, 0.717) is 11.9 Å². The number of carbonyl (C=O) groups excluding carboxylic acids is 1. The standard InChI is InChI=1S/C10H13BO5S/c11-7-8-3-1-2-4-9(8)10(12)16-5-6-17(13,14)15/h1-4H,5-7,11H2,(H,13,14,15). The van der Waals surface area contributed by atoms with E-state index in [1.807, 2.05) is 13.9 Å². The van der Waals surface area contributed by atoms with E-state index in [9.17, 15) is 13.2 Å². The summed E-state index contributed by atoms with van der Waals surface area (Å²) in [7, 11) is -2.19. The molecule has 17 heavy (non-hydrogen) atoms. The summed E-state index contributed by atoms with van der Waals surface area (Å²) in [5, 5.41) is 0. The number of carbonyl (C=O) groups is 1. The third kappa shape index (κ3) is 4.58. The predicted octanol–water partition coefficient (Wildman–Crippen LogP) is -0.136. The van der Waals surface area contributed by atoms with Gasteiger partial charge in [0.15, 0.2) is 0 Å². The molecule has 7 heteroatoms. The molecule has 0 bridgehead atoms. The second kappa shape index (κ2) is 5.83. The monoisotopic (exact) mass is 256 g/mol. The number of hydrogen-bond donors (Lipinski definition) is 1. The SMILES string of the molecule is BCc1ccccc1C(=O)OCCS(=O)(=O)O. The lowest BCUT2D eigenvalue weighted by Crippen LogP contribution is -2.15. The van der Waals surface area contributed by atoms with E-state index in [1.165, 1.54) is 0 Å². The van der Waals surface area contributed by atoms with Gasteiger partial charge in [0, 0.05) is 0 Å². The molecular weight excluding hydrogens is 243 g/mol. The number of ether oxygens (including phenoxy) is 1. The average molecular weight is 256 g/mol. The lowest BCUT2D eigenvalue weighted by molar-refractivity contribution is 0.0527. The fraction of sp³-hybridized carbons (Fsp3) is 0.300. The van der Waals surface area contributed by atoms with Crippen molar-refractivity contribution in [3.8, 4) is 0 Å². The minimum Gasteiger partial charge on any atom is -0.461 e. The van der Waals surface area contributed by atoms with Crippen LogP contribution in [0.1, 0.15) is 15.9 Å². The maximum Gasteiger partial charge on any atom is 0.338 e. The molecule has 92 valence electrons. The largest absolute Gasteiger partial charge is 0.461 e. The van der Waals surface area contributed by atoms with E-state index in [0.717, 1.165) is 5.56 Å². The van der Waals surface area contributed by atoms with Crippen LogP contribution in [-0.4, -0.2) is 39.1 Å². The van der Waals surface area contributed by atoms with E-state index in [1.54, 1.807) is 18.2 Å². The highest BCUT2D eigenvalue weighted by molar-refractivity contribution is 7.85. The molecule has 0 radical (unpaired) electrons. The van der Waals surface area contributed by atoms with E-state index in [4.69, 9.17) is 9.29 Å². The maximum absolute atomic E-state index is 11.6. The number of esters is 1. The van der Waals surface area contributed by atoms with Crippen molar-refractivity contribution in [1.82, 2.24) is 0 Å². The Balaban J connectivity index is 2.64. The molecule has 0 unspecified atom stereocenters. The molecule has 0 amide bonds. The Hall–Kier alpha value is -1.34. The minimum atomic E-state index is -4.09. The summed E-state index contributed by atoms with van der Waals surface area (Å²) in [5.74, 6) is -1.17. The maximum atomic E-state index is 11.6. The molecule has 0 saturated heterocycles. The van der Waals surface area contributed by atoms with Crippen molar-refractivity contribution in [3.63, 3.8) is 0 Å². The number of rotatable bonds is 5. The molecule has 1 aromatic carbocycles. The Morgan fingerprint density at radius 3 is 2.59 bits per heavy atom. The Morgan fingerprint density at radius 2 is 2.00 bits per heavy atom. The molecule has 0 aliphatic heterocycles. The number of hydrogen-bond acceptors (Lipinski definition) is 4. The van der Waals surface area contributed by atoms with Crippen LogP contribution in [0.25, 0.3) is 0 Å². The zero-order valence-electron chi connectivity index (χ0n) is 9.42. The Labute approximate surface area is 101 Å². The van der Waals surface area contributed by atoms with Crippen LogP contribution in [0.2, 0.25) is 0 Å². The highest BCUT2D eigenvalue weighted by Crippen LogP contribution is 2.09. The van der Waals surface area contributed by atoms with Gasteiger partial charge in [0.25, 0.3) is 10.1 Å². The quantitative estimate of drug-likeness (QED) is 0.450. The van der Waals surface area contributed by atoms with Crippen molar-refractivity contribution in [3.05, 3.63) is 35.4 Å². The summed E-state index contributed by atoms with van der Waals surface area (Å²) < 4.78 is 34.1. The highest BCUT2D eigenvalue weighted by atomic mass is 32.2. The van der Waals surface area contributed by atoms with Crippen LogP contribution in [0.4, 0.5) is 0 Å². The van der Waals surface area contributed by atoms with Gasteiger partial charge < -0.3 is 4.74 Å². The molecule has 1 N–H and O–H groups in total. The van der Waals surface area contributed by atoms with Gasteiger partial charge in [-0.05, 0) is 11.6 Å². The summed E-state index contributed by atoms with van der Waals surface area (Å²) in [6, 6.07) is 6.94. The van der Waals surface area contributed by atoms with Gasteiger partial charge in [0.2, 0.25) is 0 Å². The molecule has 0 atom stereocenters. The molecule has 0 saturated carbocycles. The van der Waals surface area contributed by atoms with Crippen LogP contribution < -0.4 is 0 Å². The lowest BCUT2D eigenvalue weighted by Gasteiger charge is -2.07. The molecular formula is C10H13BO5S. The first-order valence-corrected chi connectivity index (χ1v) is 6.75. The fourth-order valence-corrected chi connectivity index (χ4v) is 1.64. The molecule has 0 spiro atoms. The molecule has 0 aromatic heterocycles.